The van der Waals surface area contributed by atoms with E-state index in [1.807, 2.05) is 0 Å². The first-order valence-electron chi connectivity index (χ1n) is 5.50. The molecular weight excluding hydrogens is 240 g/mol. The van der Waals surface area contributed by atoms with Crippen molar-refractivity contribution in [2.45, 2.75) is 25.4 Å². The van der Waals surface area contributed by atoms with Crippen LogP contribution in [-0.4, -0.2) is 29.6 Å². The van der Waals surface area contributed by atoms with Crippen LogP contribution in [0.3, 0.4) is 0 Å². The molecule has 6 heteroatoms. The van der Waals surface area contributed by atoms with Crippen molar-refractivity contribution in [3.63, 3.8) is 0 Å². The monoisotopic (exact) mass is 254 g/mol. The second kappa shape index (κ2) is 5.29. The van der Waals surface area contributed by atoms with Gasteiger partial charge in [-0.3, -0.25) is 4.79 Å². The van der Waals surface area contributed by atoms with E-state index >= 15 is 0 Å². The minimum Gasteiger partial charge on any atom is -0.477 e. The standard InChI is InChI=1S/C11H14N2O3S/c14-10-8(2-1-5-12-10)13-6-7-3-4-9(17-7)11(15)16/h3-4,8,13H,1-2,5-6H2,(H,12,14)(H,15,16). The Bertz CT molecular complexity index is 430. The first-order valence-corrected chi connectivity index (χ1v) is 6.31. The molecule has 5 nitrogen and oxygen atoms in total. The van der Waals surface area contributed by atoms with Crippen molar-refractivity contribution in [2.75, 3.05) is 6.54 Å². The first-order chi connectivity index (χ1) is 8.16. The molecule has 1 amide bonds. The van der Waals surface area contributed by atoms with E-state index < -0.39 is 5.97 Å². The topological polar surface area (TPSA) is 78.4 Å². The maximum atomic E-state index is 11.5. The lowest BCUT2D eigenvalue weighted by Crippen LogP contribution is -2.47. The Balaban J connectivity index is 1.88. The molecule has 0 bridgehead atoms. The van der Waals surface area contributed by atoms with Gasteiger partial charge in [-0.15, -0.1) is 11.3 Å². The predicted octanol–water partition coefficient (Wildman–Crippen LogP) is 0.815. The maximum Gasteiger partial charge on any atom is 0.345 e. The lowest BCUT2D eigenvalue weighted by atomic mass is 10.1. The highest BCUT2D eigenvalue weighted by molar-refractivity contribution is 7.13. The van der Waals surface area contributed by atoms with Crippen LogP contribution in [0, 0.1) is 0 Å². The van der Waals surface area contributed by atoms with Gasteiger partial charge in [-0.05, 0) is 25.0 Å². The highest BCUT2D eigenvalue weighted by atomic mass is 32.1. The summed E-state index contributed by atoms with van der Waals surface area (Å²) in [6, 6.07) is 3.21. The molecule has 1 aromatic rings. The van der Waals surface area contributed by atoms with Gasteiger partial charge in [0.05, 0.1) is 6.04 Å². The van der Waals surface area contributed by atoms with Crippen LogP contribution in [0.1, 0.15) is 27.4 Å². The number of carboxylic acids is 1. The van der Waals surface area contributed by atoms with Gasteiger partial charge in [0.2, 0.25) is 5.91 Å². The number of carbonyl (C=O) groups excluding carboxylic acids is 1. The van der Waals surface area contributed by atoms with Crippen LogP contribution >= 0.6 is 11.3 Å². The van der Waals surface area contributed by atoms with Crippen molar-refractivity contribution in [3.05, 3.63) is 21.9 Å². The smallest absolute Gasteiger partial charge is 0.345 e. The van der Waals surface area contributed by atoms with Gasteiger partial charge >= 0.3 is 5.97 Å². The molecule has 2 rings (SSSR count). The average Bonchev–Trinajstić information content (AvgIpc) is 2.77. The highest BCUT2D eigenvalue weighted by Gasteiger charge is 2.21. The van der Waals surface area contributed by atoms with Gasteiger partial charge in [0, 0.05) is 18.0 Å². The summed E-state index contributed by atoms with van der Waals surface area (Å²) in [4.78, 5) is 23.4. The number of amides is 1. The number of rotatable bonds is 4. The quantitative estimate of drug-likeness (QED) is 0.743. The van der Waals surface area contributed by atoms with Gasteiger partial charge < -0.3 is 15.7 Å². The van der Waals surface area contributed by atoms with Gasteiger partial charge in [0.25, 0.3) is 0 Å². The fourth-order valence-electron chi connectivity index (χ4n) is 1.78. The Morgan fingerprint density at radius 2 is 2.41 bits per heavy atom. The fourth-order valence-corrected chi connectivity index (χ4v) is 2.58. The van der Waals surface area contributed by atoms with E-state index in [0.29, 0.717) is 11.4 Å². The number of aromatic carboxylic acids is 1. The lowest BCUT2D eigenvalue weighted by molar-refractivity contribution is -0.124. The molecule has 0 aromatic carbocycles. The van der Waals surface area contributed by atoms with E-state index in [0.717, 1.165) is 24.3 Å². The summed E-state index contributed by atoms with van der Waals surface area (Å²) < 4.78 is 0. The van der Waals surface area contributed by atoms with Gasteiger partial charge in [0.15, 0.2) is 0 Å². The molecule has 1 unspecified atom stereocenters. The van der Waals surface area contributed by atoms with Gasteiger partial charge in [-0.2, -0.15) is 0 Å². The Morgan fingerprint density at radius 1 is 1.59 bits per heavy atom. The predicted molar refractivity (Wildman–Crippen MR) is 64.1 cm³/mol. The lowest BCUT2D eigenvalue weighted by Gasteiger charge is -2.22. The average molecular weight is 254 g/mol. The van der Waals surface area contributed by atoms with Crippen molar-refractivity contribution in [1.82, 2.24) is 10.6 Å². The van der Waals surface area contributed by atoms with E-state index in [-0.39, 0.29) is 11.9 Å². The molecule has 0 radical (unpaired) electrons. The van der Waals surface area contributed by atoms with Crippen molar-refractivity contribution >= 4 is 23.2 Å². The molecule has 1 fully saturated rings. The molecule has 0 aliphatic carbocycles. The van der Waals surface area contributed by atoms with E-state index in [2.05, 4.69) is 10.6 Å². The molecule has 1 atom stereocenters. The van der Waals surface area contributed by atoms with E-state index in [1.165, 1.54) is 11.3 Å². The summed E-state index contributed by atoms with van der Waals surface area (Å²) in [6.45, 7) is 1.29. The summed E-state index contributed by atoms with van der Waals surface area (Å²) in [7, 11) is 0. The fraction of sp³-hybridized carbons (Fsp3) is 0.455. The maximum absolute atomic E-state index is 11.5. The number of hydrogen-bond donors (Lipinski definition) is 3. The van der Waals surface area contributed by atoms with E-state index in [9.17, 15) is 9.59 Å². The third-order valence-corrected chi connectivity index (χ3v) is 3.75. The summed E-state index contributed by atoms with van der Waals surface area (Å²) in [5, 5.41) is 14.7. The van der Waals surface area contributed by atoms with Crippen LogP contribution in [0.2, 0.25) is 0 Å². The van der Waals surface area contributed by atoms with E-state index in [4.69, 9.17) is 5.11 Å². The molecule has 0 saturated carbocycles. The molecule has 1 aliphatic rings. The van der Waals surface area contributed by atoms with Crippen molar-refractivity contribution < 1.29 is 14.7 Å². The van der Waals surface area contributed by atoms with Crippen LogP contribution < -0.4 is 10.6 Å². The SMILES string of the molecule is O=C(O)c1ccc(CNC2CCCNC2=O)s1. The van der Waals surface area contributed by atoms with Crippen molar-refractivity contribution in [3.8, 4) is 0 Å². The molecule has 92 valence electrons. The molecule has 1 aromatic heterocycles. The van der Waals surface area contributed by atoms with Crippen LogP contribution in [0.5, 0.6) is 0 Å². The molecule has 3 N–H and O–H groups in total. The second-order valence-corrected chi connectivity index (χ2v) is 5.11. The number of carbonyl (C=O) groups is 2. The zero-order valence-corrected chi connectivity index (χ0v) is 10.0. The molecule has 1 aliphatic heterocycles. The normalized spacial score (nSPS) is 20.0. The number of piperidine rings is 1. The molecule has 2 heterocycles. The number of thiophene rings is 1. The molecular formula is C11H14N2O3S. The molecule has 17 heavy (non-hydrogen) atoms. The Hall–Kier alpha value is -1.40. The summed E-state index contributed by atoms with van der Waals surface area (Å²) >= 11 is 1.24. The minimum absolute atomic E-state index is 0.0336. The Kier molecular flexibility index (Phi) is 3.75. The van der Waals surface area contributed by atoms with Crippen LogP contribution in [0.15, 0.2) is 12.1 Å². The van der Waals surface area contributed by atoms with Crippen molar-refractivity contribution in [2.24, 2.45) is 0 Å². The van der Waals surface area contributed by atoms with Gasteiger partial charge in [0.1, 0.15) is 4.88 Å². The highest BCUT2D eigenvalue weighted by Crippen LogP contribution is 2.16. The number of nitrogens with one attached hydrogen (secondary N) is 2. The largest absolute Gasteiger partial charge is 0.477 e. The van der Waals surface area contributed by atoms with Crippen LogP contribution in [-0.2, 0) is 11.3 Å². The van der Waals surface area contributed by atoms with Crippen molar-refractivity contribution in [1.29, 1.82) is 0 Å². The van der Waals surface area contributed by atoms with Gasteiger partial charge in [-0.25, -0.2) is 4.79 Å². The van der Waals surface area contributed by atoms with Crippen LogP contribution in [0.4, 0.5) is 0 Å². The summed E-state index contributed by atoms with van der Waals surface area (Å²) in [5.41, 5.74) is 0. The van der Waals surface area contributed by atoms with E-state index in [1.54, 1.807) is 12.1 Å². The third-order valence-electron chi connectivity index (χ3n) is 2.68. The third kappa shape index (κ3) is 3.04. The Labute approximate surface area is 103 Å². The van der Waals surface area contributed by atoms with Crippen LogP contribution in [0.25, 0.3) is 0 Å². The zero-order valence-electron chi connectivity index (χ0n) is 9.23. The number of hydrogen-bond acceptors (Lipinski definition) is 4. The first kappa shape index (κ1) is 12.1. The zero-order chi connectivity index (χ0) is 12.3. The second-order valence-electron chi connectivity index (χ2n) is 3.94. The summed E-state index contributed by atoms with van der Waals surface area (Å²) in [5.74, 6) is -0.872. The minimum atomic E-state index is -0.906. The van der Waals surface area contributed by atoms with Gasteiger partial charge in [-0.1, -0.05) is 0 Å². The number of carboxylic acid groups (broad SMARTS) is 1. The summed E-state index contributed by atoms with van der Waals surface area (Å²) in [6.07, 6.45) is 1.82. The molecule has 1 saturated heterocycles. The Morgan fingerprint density at radius 3 is 3.06 bits per heavy atom. The molecule has 0 spiro atoms.